The Labute approximate surface area is 92.4 Å². The van der Waals surface area contributed by atoms with Crippen LogP contribution in [0.15, 0.2) is 28.7 Å². The van der Waals surface area contributed by atoms with Crippen LogP contribution in [-0.2, 0) is 4.79 Å². The molecule has 1 radical (unpaired) electrons. The van der Waals surface area contributed by atoms with E-state index in [2.05, 4.69) is 15.9 Å². The topological polar surface area (TPSA) is 26.3 Å². The molecule has 1 rings (SSSR count). The molecule has 75 valence electrons. The third-order valence-electron chi connectivity index (χ3n) is 1.76. The largest absolute Gasteiger partial charge is 0.494 e. The zero-order valence-electron chi connectivity index (χ0n) is 7.83. The van der Waals surface area contributed by atoms with E-state index in [0.29, 0.717) is 13.0 Å². The van der Waals surface area contributed by atoms with Crippen molar-refractivity contribution in [2.45, 2.75) is 19.3 Å². The maximum Gasteiger partial charge on any atom is 0.198 e. The van der Waals surface area contributed by atoms with Crippen molar-refractivity contribution in [1.29, 1.82) is 0 Å². The third kappa shape index (κ3) is 4.42. The summed E-state index contributed by atoms with van der Waals surface area (Å²) in [6.45, 7) is 0.656. The Morgan fingerprint density at radius 3 is 2.57 bits per heavy atom. The highest BCUT2D eigenvalue weighted by molar-refractivity contribution is 9.10. The number of hydrogen-bond donors (Lipinski definition) is 0. The lowest BCUT2D eigenvalue weighted by Crippen LogP contribution is -1.96. The van der Waals surface area contributed by atoms with Gasteiger partial charge in [0.25, 0.3) is 0 Å². The Morgan fingerprint density at radius 2 is 1.93 bits per heavy atom. The van der Waals surface area contributed by atoms with E-state index in [1.165, 1.54) is 0 Å². The average molecular weight is 256 g/mol. The minimum Gasteiger partial charge on any atom is -0.494 e. The summed E-state index contributed by atoms with van der Waals surface area (Å²) < 4.78 is 6.50. The summed E-state index contributed by atoms with van der Waals surface area (Å²) in [7, 11) is 0. The molecule has 0 aliphatic heterocycles. The van der Waals surface area contributed by atoms with Crippen molar-refractivity contribution in [3.8, 4) is 5.75 Å². The molecule has 0 unspecified atom stereocenters. The Bertz CT molecular complexity index is 269. The second-order valence-electron chi connectivity index (χ2n) is 2.90. The lowest BCUT2D eigenvalue weighted by molar-refractivity contribution is 0.307. The number of rotatable bonds is 6. The van der Waals surface area contributed by atoms with Gasteiger partial charge < -0.3 is 4.74 Å². The predicted molar refractivity (Wildman–Crippen MR) is 59.2 cm³/mol. The van der Waals surface area contributed by atoms with E-state index in [1.54, 1.807) is 0 Å². The van der Waals surface area contributed by atoms with Crippen LogP contribution in [0.4, 0.5) is 0 Å². The highest BCUT2D eigenvalue weighted by atomic mass is 79.9. The van der Waals surface area contributed by atoms with Crippen LogP contribution in [0.3, 0.4) is 0 Å². The van der Waals surface area contributed by atoms with E-state index in [0.717, 1.165) is 23.1 Å². The Kier molecular flexibility index (Phi) is 5.30. The van der Waals surface area contributed by atoms with Gasteiger partial charge in [0, 0.05) is 10.9 Å². The zero-order chi connectivity index (χ0) is 10.2. The van der Waals surface area contributed by atoms with Crippen LogP contribution < -0.4 is 4.74 Å². The molecular formula is C11H12BrO2. The first kappa shape index (κ1) is 11.2. The maximum absolute atomic E-state index is 9.90. The highest BCUT2D eigenvalue weighted by Gasteiger charge is 1.93. The van der Waals surface area contributed by atoms with Crippen LogP contribution in [0.25, 0.3) is 0 Å². The van der Waals surface area contributed by atoms with Crippen molar-refractivity contribution in [1.82, 2.24) is 0 Å². The summed E-state index contributed by atoms with van der Waals surface area (Å²) in [6.07, 6.45) is 4.11. The van der Waals surface area contributed by atoms with Gasteiger partial charge in [-0.2, -0.15) is 0 Å². The summed E-state index contributed by atoms with van der Waals surface area (Å²) in [5, 5.41) is 0. The van der Waals surface area contributed by atoms with Crippen molar-refractivity contribution in [2.24, 2.45) is 0 Å². The monoisotopic (exact) mass is 255 g/mol. The van der Waals surface area contributed by atoms with E-state index < -0.39 is 0 Å². The molecule has 0 N–H and O–H groups in total. The number of benzene rings is 1. The first-order valence-electron chi connectivity index (χ1n) is 4.56. The van der Waals surface area contributed by atoms with Gasteiger partial charge in [-0.05, 0) is 37.1 Å². The van der Waals surface area contributed by atoms with Crippen molar-refractivity contribution >= 4 is 22.2 Å². The second-order valence-corrected chi connectivity index (χ2v) is 3.82. The Morgan fingerprint density at radius 1 is 1.21 bits per heavy atom. The lowest BCUT2D eigenvalue weighted by atomic mass is 10.2. The number of halogens is 1. The average Bonchev–Trinajstić information content (AvgIpc) is 2.21. The van der Waals surface area contributed by atoms with Gasteiger partial charge in [0.1, 0.15) is 5.75 Å². The van der Waals surface area contributed by atoms with E-state index in [1.807, 2.05) is 30.6 Å². The SMILES string of the molecule is O=[C]CCCCOc1ccc(Br)cc1. The Balaban J connectivity index is 2.18. The van der Waals surface area contributed by atoms with Crippen LogP contribution in [-0.4, -0.2) is 12.9 Å². The van der Waals surface area contributed by atoms with E-state index in [4.69, 9.17) is 4.74 Å². The summed E-state index contributed by atoms with van der Waals surface area (Å²) in [4.78, 5) is 9.90. The van der Waals surface area contributed by atoms with Gasteiger partial charge in [0.2, 0.25) is 0 Å². The molecule has 0 aliphatic rings. The van der Waals surface area contributed by atoms with Crippen LogP contribution in [0, 0.1) is 0 Å². The maximum atomic E-state index is 9.90. The molecule has 0 atom stereocenters. The van der Waals surface area contributed by atoms with Gasteiger partial charge in [0.15, 0.2) is 6.29 Å². The molecule has 0 heterocycles. The molecule has 0 saturated heterocycles. The zero-order valence-corrected chi connectivity index (χ0v) is 9.42. The van der Waals surface area contributed by atoms with Crippen LogP contribution in [0.5, 0.6) is 5.75 Å². The molecule has 14 heavy (non-hydrogen) atoms. The lowest BCUT2D eigenvalue weighted by Gasteiger charge is -2.04. The highest BCUT2D eigenvalue weighted by Crippen LogP contribution is 2.16. The second kappa shape index (κ2) is 6.60. The smallest absolute Gasteiger partial charge is 0.198 e. The van der Waals surface area contributed by atoms with E-state index >= 15 is 0 Å². The fraction of sp³-hybridized carbons (Fsp3) is 0.364. The molecule has 1 aromatic rings. The van der Waals surface area contributed by atoms with Crippen LogP contribution >= 0.6 is 15.9 Å². The summed E-state index contributed by atoms with van der Waals surface area (Å²) in [6, 6.07) is 7.70. The van der Waals surface area contributed by atoms with Crippen molar-refractivity contribution in [3.05, 3.63) is 28.7 Å². The molecule has 0 fully saturated rings. The number of ether oxygens (including phenoxy) is 1. The molecule has 2 nitrogen and oxygen atoms in total. The molecule has 0 aromatic heterocycles. The van der Waals surface area contributed by atoms with Gasteiger partial charge in [-0.3, -0.25) is 4.79 Å². The fourth-order valence-electron chi connectivity index (χ4n) is 1.02. The number of unbranched alkanes of at least 4 members (excludes halogenated alkanes) is 2. The van der Waals surface area contributed by atoms with Gasteiger partial charge >= 0.3 is 0 Å². The van der Waals surface area contributed by atoms with Crippen molar-refractivity contribution in [2.75, 3.05) is 6.61 Å². The van der Waals surface area contributed by atoms with Gasteiger partial charge in [0.05, 0.1) is 6.61 Å². The summed E-state index contributed by atoms with van der Waals surface area (Å²) in [5.41, 5.74) is 0. The third-order valence-corrected chi connectivity index (χ3v) is 2.28. The van der Waals surface area contributed by atoms with Crippen LogP contribution in [0.1, 0.15) is 19.3 Å². The van der Waals surface area contributed by atoms with Gasteiger partial charge in [-0.25, -0.2) is 0 Å². The molecule has 1 aromatic carbocycles. The molecule has 0 amide bonds. The fourth-order valence-corrected chi connectivity index (χ4v) is 1.28. The molecule has 0 saturated carbocycles. The quantitative estimate of drug-likeness (QED) is 0.731. The van der Waals surface area contributed by atoms with Gasteiger partial charge in [-0.15, -0.1) is 0 Å². The van der Waals surface area contributed by atoms with Crippen molar-refractivity contribution < 1.29 is 9.53 Å². The first-order chi connectivity index (χ1) is 6.83. The minimum absolute atomic E-state index is 0.504. The number of hydrogen-bond acceptors (Lipinski definition) is 2. The van der Waals surface area contributed by atoms with Crippen LogP contribution in [0.2, 0.25) is 0 Å². The van der Waals surface area contributed by atoms with E-state index in [9.17, 15) is 4.79 Å². The van der Waals surface area contributed by atoms with Gasteiger partial charge in [-0.1, -0.05) is 15.9 Å². The molecular weight excluding hydrogens is 244 g/mol. The number of carbonyl (C=O) groups excluding carboxylic acids is 1. The molecule has 0 bridgehead atoms. The first-order valence-corrected chi connectivity index (χ1v) is 5.35. The molecule has 0 aliphatic carbocycles. The normalized spacial score (nSPS) is 9.79. The minimum atomic E-state index is 0.504. The Hall–Kier alpha value is -0.830. The van der Waals surface area contributed by atoms with E-state index in [-0.39, 0.29) is 0 Å². The van der Waals surface area contributed by atoms with Crippen molar-refractivity contribution in [3.63, 3.8) is 0 Å². The summed E-state index contributed by atoms with van der Waals surface area (Å²) >= 11 is 3.35. The predicted octanol–water partition coefficient (Wildman–Crippen LogP) is 3.11. The molecule has 3 heteroatoms. The summed E-state index contributed by atoms with van der Waals surface area (Å²) in [5.74, 6) is 0.864. The standard InChI is InChI=1S/C11H12BrO2/c12-10-4-6-11(7-5-10)14-9-3-1-2-8-13/h4-7H,1-3,9H2. The molecule has 0 spiro atoms.